The van der Waals surface area contributed by atoms with Gasteiger partial charge in [0.25, 0.3) is 11.8 Å². The van der Waals surface area contributed by atoms with Gasteiger partial charge in [-0.1, -0.05) is 86.6 Å². The summed E-state index contributed by atoms with van der Waals surface area (Å²) >= 11 is 1.41. The third-order valence-corrected chi connectivity index (χ3v) is 8.01. The van der Waals surface area contributed by atoms with Gasteiger partial charge in [-0.3, -0.25) is 14.4 Å². The molecule has 5 rings (SSSR count). The molecule has 0 spiro atoms. The van der Waals surface area contributed by atoms with Gasteiger partial charge in [-0.25, -0.2) is 0 Å². The van der Waals surface area contributed by atoms with Crippen molar-refractivity contribution in [2.24, 2.45) is 0 Å². The molecule has 0 aliphatic rings. The third kappa shape index (κ3) is 8.02. The Morgan fingerprint density at radius 3 is 2.07 bits per heavy atom. The van der Waals surface area contributed by atoms with Crippen LogP contribution in [0.5, 0.6) is 0 Å². The van der Waals surface area contributed by atoms with Crippen molar-refractivity contribution in [2.45, 2.75) is 24.7 Å². The van der Waals surface area contributed by atoms with E-state index in [0.717, 1.165) is 26.9 Å². The average Bonchev–Trinajstić information content (AvgIpc) is 3.05. The zero-order chi connectivity index (χ0) is 30.9. The van der Waals surface area contributed by atoms with Crippen LogP contribution in [0.25, 0.3) is 16.8 Å². The van der Waals surface area contributed by atoms with Crippen molar-refractivity contribution in [3.8, 4) is 0 Å². The monoisotopic (exact) mass is 599 g/mol. The van der Waals surface area contributed by atoms with E-state index in [9.17, 15) is 14.4 Å². The number of amides is 3. The van der Waals surface area contributed by atoms with Gasteiger partial charge in [0.05, 0.1) is 5.75 Å². The van der Waals surface area contributed by atoms with Crippen LogP contribution >= 0.6 is 11.8 Å². The lowest BCUT2D eigenvalue weighted by molar-refractivity contribution is -0.114. The number of nitrogens with one attached hydrogen (secondary N) is 3. The highest BCUT2D eigenvalue weighted by atomic mass is 32.2. The minimum atomic E-state index is -0.453. The minimum absolute atomic E-state index is 0.0953. The van der Waals surface area contributed by atoms with Crippen LogP contribution in [0.2, 0.25) is 0 Å². The number of hydrogen-bond acceptors (Lipinski definition) is 4. The van der Waals surface area contributed by atoms with Gasteiger partial charge >= 0.3 is 0 Å². The third-order valence-electron chi connectivity index (χ3n) is 7.00. The van der Waals surface area contributed by atoms with Gasteiger partial charge in [-0.15, -0.1) is 11.8 Å². The second kappa shape index (κ2) is 14.4. The Balaban J connectivity index is 1.26. The van der Waals surface area contributed by atoms with Gasteiger partial charge in [-0.2, -0.15) is 0 Å². The molecule has 5 aromatic rings. The minimum Gasteiger partial charge on any atom is -0.325 e. The summed E-state index contributed by atoms with van der Waals surface area (Å²) < 4.78 is 0. The molecule has 7 heteroatoms. The molecule has 0 unspecified atom stereocenters. The highest BCUT2D eigenvalue weighted by Crippen LogP contribution is 2.24. The van der Waals surface area contributed by atoms with Crippen LogP contribution in [-0.4, -0.2) is 23.5 Å². The molecule has 0 saturated heterocycles. The van der Waals surface area contributed by atoms with E-state index in [2.05, 4.69) is 29.8 Å². The van der Waals surface area contributed by atoms with E-state index in [-0.39, 0.29) is 23.3 Å². The van der Waals surface area contributed by atoms with E-state index in [1.165, 1.54) is 17.3 Å². The molecule has 0 aliphatic carbocycles. The Kier molecular flexibility index (Phi) is 9.89. The van der Waals surface area contributed by atoms with Gasteiger partial charge in [0.15, 0.2) is 0 Å². The van der Waals surface area contributed by atoms with Gasteiger partial charge in [0.2, 0.25) is 5.91 Å². The summed E-state index contributed by atoms with van der Waals surface area (Å²) in [7, 11) is 0. The number of rotatable bonds is 10. The van der Waals surface area contributed by atoms with E-state index < -0.39 is 5.91 Å². The first-order chi connectivity index (χ1) is 21.4. The van der Waals surface area contributed by atoms with Crippen LogP contribution in [0.15, 0.2) is 132 Å². The Bertz CT molecular complexity index is 1790. The van der Waals surface area contributed by atoms with Crippen molar-refractivity contribution in [1.82, 2.24) is 5.32 Å². The molecule has 0 radical (unpaired) electrons. The molecular formula is C37H33N3O3S. The molecule has 3 N–H and O–H groups in total. The Morgan fingerprint density at radius 1 is 0.705 bits per heavy atom. The summed E-state index contributed by atoms with van der Waals surface area (Å²) in [6.07, 6.45) is 1.69. The van der Waals surface area contributed by atoms with Crippen molar-refractivity contribution in [2.75, 3.05) is 16.4 Å². The summed E-state index contributed by atoms with van der Waals surface area (Å²) in [6.45, 7) is 4.26. The van der Waals surface area contributed by atoms with Crippen molar-refractivity contribution in [3.63, 3.8) is 0 Å². The van der Waals surface area contributed by atoms with Crippen LogP contribution in [0.3, 0.4) is 0 Å². The zero-order valence-corrected chi connectivity index (χ0v) is 25.4. The first-order valence-corrected chi connectivity index (χ1v) is 15.3. The molecule has 44 heavy (non-hydrogen) atoms. The molecule has 220 valence electrons. The topological polar surface area (TPSA) is 87.3 Å². The molecule has 6 nitrogen and oxygen atoms in total. The van der Waals surface area contributed by atoms with Crippen molar-refractivity contribution in [1.29, 1.82) is 0 Å². The molecule has 0 saturated carbocycles. The highest BCUT2D eigenvalue weighted by Gasteiger charge is 2.16. The largest absolute Gasteiger partial charge is 0.325 e. The summed E-state index contributed by atoms with van der Waals surface area (Å²) in [6, 6.07) is 37.6. The van der Waals surface area contributed by atoms with Crippen LogP contribution in [0.4, 0.5) is 11.4 Å². The van der Waals surface area contributed by atoms with Crippen molar-refractivity contribution >= 4 is 57.7 Å². The maximum Gasteiger partial charge on any atom is 0.272 e. The van der Waals surface area contributed by atoms with Crippen molar-refractivity contribution in [3.05, 3.63) is 144 Å². The fraction of sp³-hybridized carbons (Fsp3) is 0.108. The second-order valence-corrected chi connectivity index (χ2v) is 11.6. The van der Waals surface area contributed by atoms with Gasteiger partial charge in [0, 0.05) is 21.8 Å². The smallest absolute Gasteiger partial charge is 0.272 e. The summed E-state index contributed by atoms with van der Waals surface area (Å²) in [5.41, 5.74) is 3.92. The predicted octanol–water partition coefficient (Wildman–Crippen LogP) is 8.10. The highest BCUT2D eigenvalue weighted by molar-refractivity contribution is 8.00. The quantitative estimate of drug-likeness (QED) is 0.112. The van der Waals surface area contributed by atoms with Gasteiger partial charge in [-0.05, 0) is 82.4 Å². The van der Waals surface area contributed by atoms with Crippen LogP contribution in [0, 0.1) is 0 Å². The molecule has 3 amide bonds. The maximum absolute atomic E-state index is 13.5. The first-order valence-electron chi connectivity index (χ1n) is 14.4. The lowest BCUT2D eigenvalue weighted by Gasteiger charge is -2.13. The van der Waals surface area contributed by atoms with E-state index in [1.54, 1.807) is 42.5 Å². The molecule has 5 aromatic carbocycles. The number of fused-ring (bicyclic) bond motifs is 1. The fourth-order valence-electron chi connectivity index (χ4n) is 4.60. The fourth-order valence-corrected chi connectivity index (χ4v) is 5.30. The number of carbonyl (C=O) groups is 3. The number of benzene rings is 5. The van der Waals surface area contributed by atoms with Crippen LogP contribution in [-0.2, 0) is 9.59 Å². The molecule has 0 aromatic heterocycles. The predicted molar refractivity (Wildman–Crippen MR) is 181 cm³/mol. The zero-order valence-electron chi connectivity index (χ0n) is 24.5. The maximum atomic E-state index is 13.5. The van der Waals surface area contributed by atoms with E-state index in [1.807, 2.05) is 84.9 Å². The molecule has 0 fully saturated rings. The molecule has 0 bridgehead atoms. The second-order valence-electron chi connectivity index (χ2n) is 10.5. The summed E-state index contributed by atoms with van der Waals surface area (Å²) in [5.74, 6) is -0.246. The summed E-state index contributed by atoms with van der Waals surface area (Å²) in [4.78, 5) is 39.9. The Morgan fingerprint density at radius 2 is 1.34 bits per heavy atom. The van der Waals surface area contributed by atoms with Gasteiger partial charge < -0.3 is 16.0 Å². The summed E-state index contributed by atoms with van der Waals surface area (Å²) in [5, 5.41) is 10.6. The van der Waals surface area contributed by atoms with Crippen LogP contribution < -0.4 is 16.0 Å². The number of hydrogen-bond donors (Lipinski definition) is 3. The van der Waals surface area contributed by atoms with E-state index in [0.29, 0.717) is 17.2 Å². The number of carbonyl (C=O) groups excluding carboxylic acids is 3. The molecule has 0 aliphatic heterocycles. The number of thioether (sulfide) groups is 1. The average molecular weight is 600 g/mol. The molecule has 0 heterocycles. The van der Waals surface area contributed by atoms with E-state index >= 15 is 0 Å². The lowest BCUT2D eigenvalue weighted by Crippen LogP contribution is -2.30. The normalized spacial score (nSPS) is 11.3. The first kappa shape index (κ1) is 30.3. The molecule has 0 atom stereocenters. The van der Waals surface area contributed by atoms with Crippen molar-refractivity contribution < 1.29 is 14.4 Å². The standard InChI is InChI=1S/C37H33N3O3S/c1-25(2)26-15-17-30(18-16-26)38-35(41)24-44-32-21-19-31(20-22-32)39-37(43)34(40-36(42)28-10-4-3-5-11-28)23-29-13-8-12-27-9-6-7-14-33(27)29/h3-23,25H,24H2,1-2H3,(H,38,41)(H,39,43)(H,40,42)/b34-23-. The Labute approximate surface area is 261 Å². The molecular weight excluding hydrogens is 566 g/mol. The SMILES string of the molecule is CC(C)c1ccc(NC(=O)CSc2ccc(NC(=O)/C(=C/c3cccc4ccccc34)NC(=O)c3ccccc3)cc2)cc1. The lowest BCUT2D eigenvalue weighted by atomic mass is 10.0. The van der Waals surface area contributed by atoms with Gasteiger partial charge in [0.1, 0.15) is 5.70 Å². The van der Waals surface area contributed by atoms with Crippen LogP contribution in [0.1, 0.15) is 41.3 Å². The Hall–Kier alpha value is -5.14. The van der Waals surface area contributed by atoms with E-state index in [4.69, 9.17) is 0 Å². The number of anilines is 2.